The molecule has 0 aliphatic carbocycles. The van der Waals surface area contributed by atoms with Crippen LogP contribution in [0.25, 0.3) is 0 Å². The number of likely N-dealkylation sites (N-methyl/N-ethyl adjacent to an activating group) is 1. The Morgan fingerprint density at radius 2 is 2.23 bits per heavy atom. The first kappa shape index (κ1) is 13.6. The van der Waals surface area contributed by atoms with Crippen LogP contribution in [-0.4, -0.2) is 19.5 Å². The molecule has 22 heavy (non-hydrogen) atoms. The zero-order valence-electron chi connectivity index (χ0n) is 12.2. The summed E-state index contributed by atoms with van der Waals surface area (Å²) in [5, 5.41) is 18.8. The van der Waals surface area contributed by atoms with Gasteiger partial charge in [0.1, 0.15) is 17.7 Å². The van der Waals surface area contributed by atoms with Crippen LogP contribution in [0.4, 0.5) is 5.00 Å². The van der Waals surface area contributed by atoms with Crippen molar-refractivity contribution >= 4 is 22.2 Å². The Kier molecular flexibility index (Phi) is 3.09. The lowest BCUT2D eigenvalue weighted by atomic mass is 10.0. The largest absolute Gasteiger partial charge is 0.872 e. The molecule has 0 radical (unpaired) electrons. The summed E-state index contributed by atoms with van der Waals surface area (Å²) in [6, 6.07) is 6.66. The molecule has 3 N–H and O–H groups in total. The van der Waals surface area contributed by atoms with Gasteiger partial charge in [0.15, 0.2) is 0 Å². The molecule has 2 aromatic rings. The van der Waals surface area contributed by atoms with E-state index in [1.165, 1.54) is 21.4 Å². The number of anilines is 1. The summed E-state index contributed by atoms with van der Waals surface area (Å²) in [4.78, 5) is 15.3. The number of quaternary nitrogens is 1. The number of carbonyl (C=O) groups excluding carboxylic acids is 1. The highest BCUT2D eigenvalue weighted by molar-refractivity contribution is 7.16. The topological polar surface area (TPSA) is 68.6 Å². The highest BCUT2D eigenvalue weighted by atomic mass is 32.1. The van der Waals surface area contributed by atoms with Gasteiger partial charge in [-0.15, -0.1) is 17.1 Å². The predicted molar refractivity (Wildman–Crippen MR) is 83.2 cm³/mol. The summed E-state index contributed by atoms with van der Waals surface area (Å²) in [7, 11) is 2.18. The van der Waals surface area contributed by atoms with E-state index in [0.29, 0.717) is 0 Å². The fourth-order valence-corrected chi connectivity index (χ4v) is 4.58. The van der Waals surface area contributed by atoms with Crippen LogP contribution in [0, 0.1) is 0 Å². The molecule has 3 heterocycles. The van der Waals surface area contributed by atoms with Gasteiger partial charge >= 0.3 is 0 Å². The van der Waals surface area contributed by atoms with Crippen molar-refractivity contribution in [3.63, 3.8) is 0 Å². The Bertz CT molecular complexity index is 756. The first-order valence-corrected chi connectivity index (χ1v) is 8.23. The van der Waals surface area contributed by atoms with E-state index in [0.717, 1.165) is 35.6 Å². The van der Waals surface area contributed by atoms with Crippen LogP contribution >= 0.6 is 11.3 Å². The molecule has 0 saturated carbocycles. The van der Waals surface area contributed by atoms with Crippen LogP contribution in [0.2, 0.25) is 0 Å². The van der Waals surface area contributed by atoms with Crippen molar-refractivity contribution in [2.75, 3.05) is 18.9 Å². The fourth-order valence-electron chi connectivity index (χ4n) is 3.19. The van der Waals surface area contributed by atoms with Gasteiger partial charge < -0.3 is 20.6 Å². The number of nitrogens with one attached hydrogen (secondary N) is 3. The van der Waals surface area contributed by atoms with Crippen LogP contribution in [0.1, 0.15) is 32.5 Å². The molecular formula is C16H17N3O2S. The molecule has 1 aromatic carbocycles. The van der Waals surface area contributed by atoms with E-state index in [-0.39, 0.29) is 17.8 Å². The minimum Gasteiger partial charge on any atom is -0.872 e. The number of rotatable bonds is 1. The number of thiophene rings is 1. The van der Waals surface area contributed by atoms with Crippen molar-refractivity contribution in [2.24, 2.45) is 0 Å². The lowest BCUT2D eigenvalue weighted by Gasteiger charge is -2.27. The van der Waals surface area contributed by atoms with E-state index in [9.17, 15) is 9.90 Å². The molecular weight excluding hydrogens is 298 g/mol. The van der Waals surface area contributed by atoms with E-state index in [2.05, 4.69) is 17.7 Å². The molecule has 2 unspecified atom stereocenters. The maximum absolute atomic E-state index is 12.5. The highest BCUT2D eigenvalue weighted by Gasteiger charge is 2.33. The third-order valence-corrected chi connectivity index (χ3v) is 5.49. The fraction of sp³-hybridized carbons (Fsp3) is 0.312. The summed E-state index contributed by atoms with van der Waals surface area (Å²) in [5.74, 6) is -0.0813. The molecule has 114 valence electrons. The maximum Gasteiger partial charge on any atom is 0.256 e. The smallest absolute Gasteiger partial charge is 0.256 e. The van der Waals surface area contributed by atoms with E-state index >= 15 is 0 Å². The molecule has 0 spiro atoms. The molecule has 0 fully saturated rings. The van der Waals surface area contributed by atoms with Crippen LogP contribution in [-0.2, 0) is 13.0 Å². The van der Waals surface area contributed by atoms with Crippen molar-refractivity contribution in [2.45, 2.75) is 19.1 Å². The van der Waals surface area contributed by atoms with E-state index in [1.54, 1.807) is 23.5 Å². The minimum atomic E-state index is -0.334. The zero-order chi connectivity index (χ0) is 15.3. The quantitative estimate of drug-likeness (QED) is 0.706. The molecule has 6 heteroatoms. The Labute approximate surface area is 132 Å². The lowest BCUT2D eigenvalue weighted by molar-refractivity contribution is -0.895. The minimum absolute atomic E-state index is 0.0351. The summed E-state index contributed by atoms with van der Waals surface area (Å²) in [6.07, 6.45) is 0.613. The molecule has 2 atom stereocenters. The van der Waals surface area contributed by atoms with Crippen LogP contribution < -0.4 is 20.6 Å². The van der Waals surface area contributed by atoms with Crippen molar-refractivity contribution in [3.8, 4) is 5.75 Å². The van der Waals surface area contributed by atoms with Crippen LogP contribution in [0.3, 0.4) is 0 Å². The van der Waals surface area contributed by atoms with E-state index in [1.807, 2.05) is 6.07 Å². The van der Waals surface area contributed by atoms with Gasteiger partial charge in [-0.05, 0) is 11.1 Å². The number of carbonyl (C=O) groups is 1. The summed E-state index contributed by atoms with van der Waals surface area (Å²) in [5.41, 5.74) is 2.80. The number of hydrogen-bond acceptors (Lipinski definition) is 4. The third kappa shape index (κ3) is 2.15. The van der Waals surface area contributed by atoms with Gasteiger partial charge in [-0.3, -0.25) is 4.79 Å². The Balaban J connectivity index is 1.71. The average molecular weight is 315 g/mol. The van der Waals surface area contributed by atoms with Gasteiger partial charge in [-0.2, -0.15) is 0 Å². The molecule has 1 amide bonds. The lowest BCUT2D eigenvalue weighted by Crippen LogP contribution is -3.08. The van der Waals surface area contributed by atoms with E-state index < -0.39 is 0 Å². The Hall–Kier alpha value is -2.05. The first-order valence-electron chi connectivity index (χ1n) is 7.42. The SMILES string of the molecule is C[NH+]1CCc2c(sc3c2C(=O)NC(c2cccc([O-])c2)N3)C1. The normalized spacial score (nSPS) is 23.2. The molecule has 0 saturated heterocycles. The number of benzene rings is 1. The molecule has 0 bridgehead atoms. The van der Waals surface area contributed by atoms with Gasteiger partial charge in [0.25, 0.3) is 5.91 Å². The zero-order valence-corrected chi connectivity index (χ0v) is 13.0. The standard InChI is InChI=1S/C16H17N3O2S/c1-19-6-5-11-12(8-19)22-16-13(11)15(21)17-14(18-16)9-3-2-4-10(20)7-9/h2-4,7,14,18,20H,5-6,8H2,1H3,(H,17,21). The van der Waals surface area contributed by atoms with Gasteiger partial charge in [-0.1, -0.05) is 24.3 Å². The van der Waals surface area contributed by atoms with Gasteiger partial charge in [0.05, 0.1) is 24.0 Å². The van der Waals surface area contributed by atoms with E-state index in [4.69, 9.17) is 0 Å². The second kappa shape index (κ2) is 5.00. The number of fused-ring (bicyclic) bond motifs is 3. The van der Waals surface area contributed by atoms with Crippen LogP contribution in [0.15, 0.2) is 24.3 Å². The van der Waals surface area contributed by atoms with Gasteiger partial charge in [0, 0.05) is 6.42 Å². The van der Waals surface area contributed by atoms with Crippen molar-refractivity contribution < 1.29 is 14.8 Å². The molecule has 1 aromatic heterocycles. The monoisotopic (exact) mass is 315 g/mol. The highest BCUT2D eigenvalue weighted by Crippen LogP contribution is 2.39. The molecule has 5 nitrogen and oxygen atoms in total. The Morgan fingerprint density at radius 3 is 3.05 bits per heavy atom. The van der Waals surface area contributed by atoms with Crippen molar-refractivity contribution in [1.82, 2.24) is 5.32 Å². The number of amides is 1. The molecule has 4 rings (SSSR count). The second-order valence-electron chi connectivity index (χ2n) is 5.97. The second-order valence-corrected chi connectivity index (χ2v) is 7.07. The van der Waals surface area contributed by atoms with Crippen molar-refractivity contribution in [3.05, 3.63) is 45.8 Å². The van der Waals surface area contributed by atoms with Gasteiger partial charge in [-0.25, -0.2) is 0 Å². The molecule has 2 aliphatic heterocycles. The average Bonchev–Trinajstić information content (AvgIpc) is 2.84. The maximum atomic E-state index is 12.5. The number of hydrogen-bond donors (Lipinski definition) is 3. The molecule has 2 aliphatic rings. The van der Waals surface area contributed by atoms with Gasteiger partial charge in [0.2, 0.25) is 0 Å². The first-order chi connectivity index (χ1) is 10.6. The summed E-state index contributed by atoms with van der Waals surface area (Å²) in [6.45, 7) is 2.04. The summed E-state index contributed by atoms with van der Waals surface area (Å²) >= 11 is 1.68. The Morgan fingerprint density at radius 1 is 1.36 bits per heavy atom. The van der Waals surface area contributed by atoms with Crippen LogP contribution in [0.5, 0.6) is 5.75 Å². The summed E-state index contributed by atoms with van der Waals surface area (Å²) < 4.78 is 0. The predicted octanol–water partition coefficient (Wildman–Crippen LogP) is 0.247. The third-order valence-electron chi connectivity index (χ3n) is 4.32. The van der Waals surface area contributed by atoms with Crippen molar-refractivity contribution in [1.29, 1.82) is 0 Å².